The summed E-state index contributed by atoms with van der Waals surface area (Å²) in [6, 6.07) is 5.76. The average molecular weight is 646 g/mol. The van der Waals surface area contributed by atoms with Crippen molar-refractivity contribution in [3.05, 3.63) is 46.3 Å². The molecule has 2 heterocycles. The standard InChI is InChI=1S/C32H42Cl2N6O4/c1-18-8-9-26(22(5)14-18)43-23(6)29(41)37-31-36-28-25(17-24-20(3)15-19(2)16-21(24)4)27(35-7)30(40(28)38-31)44-32(42)39(12-10-33)13-11-34/h8-9,14,19-21,23-24H,10-13,15-17H2,1-6H3,(H2,36,37,38,41). The molecule has 44 heavy (non-hydrogen) atoms. The molecule has 0 radical (unpaired) electrons. The largest absolute Gasteiger partial charge is 0.481 e. The minimum atomic E-state index is -0.818. The first-order valence-electron chi connectivity index (χ1n) is 15.1. The van der Waals surface area contributed by atoms with Gasteiger partial charge in [0.2, 0.25) is 11.8 Å². The summed E-state index contributed by atoms with van der Waals surface area (Å²) in [5.41, 5.74) is 3.35. The Hall–Kier alpha value is -3.42. The number of carbonyl (C=O) groups is 2. The van der Waals surface area contributed by atoms with Crippen LogP contribution in [-0.4, -0.2) is 62.5 Å². The van der Waals surface area contributed by atoms with Crippen LogP contribution in [0.25, 0.3) is 10.5 Å². The number of aromatic amines is 1. The number of nitrogens with one attached hydrogen (secondary N) is 2. The van der Waals surface area contributed by atoms with Gasteiger partial charge in [-0.15, -0.1) is 23.2 Å². The van der Waals surface area contributed by atoms with E-state index in [4.69, 9.17) is 39.2 Å². The number of carbonyl (C=O) groups excluding carboxylic acids is 2. The van der Waals surface area contributed by atoms with Gasteiger partial charge < -0.3 is 14.4 Å². The predicted molar refractivity (Wildman–Crippen MR) is 173 cm³/mol. The number of nitrogens with zero attached hydrogens (tertiary/aromatic N) is 4. The average Bonchev–Trinajstić information content (AvgIpc) is 3.48. The van der Waals surface area contributed by atoms with Crippen molar-refractivity contribution in [1.29, 1.82) is 0 Å². The van der Waals surface area contributed by atoms with E-state index in [1.807, 2.05) is 32.0 Å². The number of halogens is 2. The number of aryl methyl sites for hydroxylation is 2. The van der Waals surface area contributed by atoms with Crippen LogP contribution in [0.15, 0.2) is 18.2 Å². The Morgan fingerprint density at radius 3 is 2.43 bits per heavy atom. The topological polar surface area (TPSA) is 105 Å². The summed E-state index contributed by atoms with van der Waals surface area (Å²) in [6.07, 6.45) is 1.30. The van der Waals surface area contributed by atoms with Crippen LogP contribution in [0.3, 0.4) is 0 Å². The van der Waals surface area contributed by atoms with Crippen LogP contribution in [0.5, 0.6) is 11.6 Å². The fourth-order valence-electron chi connectivity index (χ4n) is 6.44. The highest BCUT2D eigenvalue weighted by Crippen LogP contribution is 2.45. The molecular formula is C32H42Cl2N6O4. The van der Waals surface area contributed by atoms with Crippen LogP contribution in [0.1, 0.15) is 57.2 Å². The van der Waals surface area contributed by atoms with Gasteiger partial charge in [-0.1, -0.05) is 38.5 Å². The van der Waals surface area contributed by atoms with Crippen LogP contribution < -0.4 is 14.8 Å². The van der Waals surface area contributed by atoms with Gasteiger partial charge in [-0.25, -0.2) is 14.2 Å². The Kier molecular flexibility index (Phi) is 11.1. The number of benzene rings is 1. The molecule has 0 bridgehead atoms. The van der Waals surface area contributed by atoms with Gasteiger partial charge in [-0.2, -0.15) is 4.98 Å². The van der Waals surface area contributed by atoms with Crippen molar-refractivity contribution in [3.63, 3.8) is 0 Å². The normalized spacial score (nSPS) is 20.6. The van der Waals surface area contributed by atoms with E-state index in [1.165, 1.54) is 9.42 Å². The number of amides is 2. The molecule has 4 rings (SSSR count). The highest BCUT2D eigenvalue weighted by Gasteiger charge is 2.35. The van der Waals surface area contributed by atoms with Gasteiger partial charge in [-0.05, 0) is 75.3 Å². The molecule has 3 unspecified atom stereocenters. The summed E-state index contributed by atoms with van der Waals surface area (Å²) in [5.74, 6) is 2.61. The van der Waals surface area contributed by atoms with Gasteiger partial charge in [0.15, 0.2) is 11.8 Å². The smallest absolute Gasteiger partial charge is 0.415 e. The Balaban J connectivity index is 1.68. The van der Waals surface area contributed by atoms with Gasteiger partial charge in [0.1, 0.15) is 5.75 Å². The number of rotatable bonds is 11. The van der Waals surface area contributed by atoms with E-state index in [2.05, 4.69) is 41.0 Å². The molecule has 1 fully saturated rings. The fourth-order valence-corrected chi connectivity index (χ4v) is 6.84. The second-order valence-corrected chi connectivity index (χ2v) is 12.9. The Bertz CT molecular complexity index is 1510. The first kappa shape index (κ1) is 33.5. The van der Waals surface area contributed by atoms with Crippen molar-refractivity contribution in [2.75, 3.05) is 30.2 Å². The zero-order valence-corrected chi connectivity index (χ0v) is 27.8. The predicted octanol–water partition coefficient (Wildman–Crippen LogP) is 7.38. The van der Waals surface area contributed by atoms with Gasteiger partial charge in [0, 0.05) is 30.4 Å². The van der Waals surface area contributed by atoms with Crippen molar-refractivity contribution in [2.45, 2.75) is 66.9 Å². The third-order valence-corrected chi connectivity index (χ3v) is 8.90. The third-order valence-electron chi connectivity index (χ3n) is 8.57. The quantitative estimate of drug-likeness (QED) is 0.167. The molecule has 1 saturated carbocycles. The first-order chi connectivity index (χ1) is 21.0. The van der Waals surface area contributed by atoms with E-state index in [0.717, 1.165) is 24.0 Å². The van der Waals surface area contributed by atoms with Crippen LogP contribution in [0.2, 0.25) is 0 Å². The number of anilines is 1. The number of aromatic nitrogens is 3. The number of H-pyrrole nitrogens is 1. The molecule has 0 aliphatic heterocycles. The summed E-state index contributed by atoms with van der Waals surface area (Å²) in [4.78, 5) is 36.2. The zero-order chi connectivity index (χ0) is 32.1. The molecule has 0 spiro atoms. The number of alkyl halides is 2. The molecule has 1 aliphatic carbocycles. The highest BCUT2D eigenvalue weighted by atomic mass is 35.5. The Morgan fingerprint density at radius 2 is 1.84 bits per heavy atom. The SMILES string of the molecule is [C-]#[N+]c1c(CC2C(C)CC(C)CC2C)c2nc(NC(=O)C(C)Oc3ccc(C)cc3C)[nH]n2c1OC(=O)N(CCCl)CCCl. The maximum Gasteiger partial charge on any atom is 0.415 e. The molecule has 12 heteroatoms. The molecule has 1 aliphatic rings. The third kappa shape index (κ3) is 7.44. The Morgan fingerprint density at radius 1 is 1.18 bits per heavy atom. The van der Waals surface area contributed by atoms with Crippen molar-refractivity contribution in [1.82, 2.24) is 19.5 Å². The summed E-state index contributed by atoms with van der Waals surface area (Å²) >= 11 is 11.8. The van der Waals surface area contributed by atoms with E-state index in [0.29, 0.717) is 47.1 Å². The molecule has 238 valence electrons. The number of hydrogen-bond donors (Lipinski definition) is 2. The van der Waals surface area contributed by atoms with Crippen LogP contribution in [-0.2, 0) is 11.2 Å². The summed E-state index contributed by atoms with van der Waals surface area (Å²) in [7, 11) is 0. The molecule has 2 amide bonds. The maximum absolute atomic E-state index is 13.2. The number of fused-ring (bicyclic) bond motifs is 1. The van der Waals surface area contributed by atoms with Crippen molar-refractivity contribution in [3.8, 4) is 11.6 Å². The van der Waals surface area contributed by atoms with Crippen molar-refractivity contribution >= 4 is 52.5 Å². The molecule has 2 N–H and O–H groups in total. The molecule has 1 aromatic carbocycles. The number of hydrogen-bond acceptors (Lipinski definition) is 5. The molecule has 3 aromatic rings. The zero-order valence-electron chi connectivity index (χ0n) is 26.2. The van der Waals surface area contributed by atoms with Gasteiger partial charge in [-0.3, -0.25) is 15.2 Å². The maximum atomic E-state index is 13.2. The number of ether oxygens (including phenoxy) is 2. The lowest BCUT2D eigenvalue weighted by molar-refractivity contribution is -0.122. The molecular weight excluding hydrogens is 603 g/mol. The highest BCUT2D eigenvalue weighted by molar-refractivity contribution is 6.18. The lowest BCUT2D eigenvalue weighted by Gasteiger charge is -2.38. The lowest BCUT2D eigenvalue weighted by Crippen LogP contribution is -2.36. The minimum Gasteiger partial charge on any atom is -0.481 e. The van der Waals surface area contributed by atoms with E-state index < -0.39 is 18.1 Å². The molecule has 3 atom stereocenters. The van der Waals surface area contributed by atoms with Gasteiger partial charge >= 0.3 is 6.09 Å². The monoisotopic (exact) mass is 644 g/mol. The Labute approximate surface area is 269 Å². The van der Waals surface area contributed by atoms with Crippen LogP contribution >= 0.6 is 23.2 Å². The summed E-state index contributed by atoms with van der Waals surface area (Å²) in [5, 5.41) is 5.82. The van der Waals surface area contributed by atoms with Gasteiger partial charge in [0.25, 0.3) is 11.6 Å². The lowest BCUT2D eigenvalue weighted by atomic mass is 9.67. The van der Waals surface area contributed by atoms with E-state index in [1.54, 1.807) is 6.92 Å². The molecule has 2 aromatic heterocycles. The molecule has 0 saturated heterocycles. The van der Waals surface area contributed by atoms with Crippen molar-refractivity contribution in [2.24, 2.45) is 23.7 Å². The van der Waals surface area contributed by atoms with E-state index in [9.17, 15) is 9.59 Å². The van der Waals surface area contributed by atoms with Crippen molar-refractivity contribution < 1.29 is 19.1 Å². The van der Waals surface area contributed by atoms with Gasteiger partial charge in [0.05, 0.1) is 6.57 Å². The summed E-state index contributed by atoms with van der Waals surface area (Å²) < 4.78 is 13.2. The second-order valence-electron chi connectivity index (χ2n) is 12.1. The van der Waals surface area contributed by atoms with Crippen LogP contribution in [0.4, 0.5) is 16.4 Å². The molecule has 10 nitrogen and oxygen atoms in total. The van der Waals surface area contributed by atoms with E-state index >= 15 is 0 Å². The summed E-state index contributed by atoms with van der Waals surface area (Å²) in [6.45, 7) is 20.9. The van der Waals surface area contributed by atoms with E-state index in [-0.39, 0.29) is 42.4 Å². The minimum absolute atomic E-state index is 0.0150. The first-order valence-corrected chi connectivity index (χ1v) is 16.2. The fraction of sp³-hybridized carbons (Fsp3) is 0.562. The van der Waals surface area contributed by atoms with Crippen LogP contribution in [0, 0.1) is 44.1 Å². The second kappa shape index (κ2) is 14.6.